The summed E-state index contributed by atoms with van der Waals surface area (Å²) >= 11 is 0. The van der Waals surface area contributed by atoms with Crippen molar-refractivity contribution in [2.75, 3.05) is 6.61 Å². The smallest absolute Gasteiger partial charge is 0.338 e. The van der Waals surface area contributed by atoms with Gasteiger partial charge in [0.15, 0.2) is 23.8 Å². The third-order valence-corrected chi connectivity index (χ3v) is 3.33. The van der Waals surface area contributed by atoms with Crippen molar-refractivity contribution in [3.63, 3.8) is 0 Å². The van der Waals surface area contributed by atoms with E-state index in [1.165, 1.54) is 0 Å². The van der Waals surface area contributed by atoms with Gasteiger partial charge < -0.3 is 23.7 Å². The number of rotatable bonds is 1. The Hall–Kier alpha value is -0.690. The highest BCUT2D eigenvalue weighted by atomic mass is 16.8. The van der Waals surface area contributed by atoms with Crippen LogP contribution in [0.1, 0.15) is 27.7 Å². The molecule has 0 unspecified atom stereocenters. The fourth-order valence-electron chi connectivity index (χ4n) is 2.64. The molecule has 0 aliphatic carbocycles. The van der Waals surface area contributed by atoms with Crippen molar-refractivity contribution in [1.82, 2.24) is 0 Å². The topological polar surface area (TPSA) is 63.2 Å². The molecule has 18 heavy (non-hydrogen) atoms. The number of hydrogen-bond acceptors (Lipinski definition) is 6. The molecule has 6 nitrogen and oxygen atoms in total. The third-order valence-electron chi connectivity index (χ3n) is 3.33. The van der Waals surface area contributed by atoms with Crippen LogP contribution in [0.5, 0.6) is 0 Å². The lowest BCUT2D eigenvalue weighted by atomic mass is 10.1. The first kappa shape index (κ1) is 12.3. The largest absolute Gasteiger partial charge is 0.455 e. The molecule has 0 saturated carbocycles. The van der Waals surface area contributed by atoms with Gasteiger partial charge in [-0.25, -0.2) is 4.79 Å². The molecule has 0 amide bonds. The minimum absolute atomic E-state index is 0.309. The Bertz CT molecular complexity index is 377. The highest BCUT2D eigenvalue weighted by Crippen LogP contribution is 2.39. The molecular weight excluding hydrogens is 240 g/mol. The van der Waals surface area contributed by atoms with Crippen molar-refractivity contribution >= 4 is 5.97 Å². The minimum atomic E-state index is -0.762. The highest BCUT2D eigenvalue weighted by molar-refractivity contribution is 5.78. The van der Waals surface area contributed by atoms with E-state index in [0.717, 1.165) is 0 Å². The number of carbonyl (C=O) groups excluding carboxylic acids is 1. The van der Waals surface area contributed by atoms with Crippen molar-refractivity contribution in [3.8, 4) is 0 Å². The second-order valence-electron chi connectivity index (χ2n) is 5.79. The number of ether oxygens (including phenoxy) is 5. The maximum atomic E-state index is 11.7. The quantitative estimate of drug-likeness (QED) is 0.641. The van der Waals surface area contributed by atoms with Crippen LogP contribution in [0, 0.1) is 0 Å². The molecule has 3 rings (SSSR count). The summed E-state index contributed by atoms with van der Waals surface area (Å²) in [5.41, 5.74) is 0. The Morgan fingerprint density at radius 3 is 2.33 bits per heavy atom. The van der Waals surface area contributed by atoms with Crippen LogP contribution in [0.25, 0.3) is 0 Å². The van der Waals surface area contributed by atoms with E-state index >= 15 is 0 Å². The Labute approximate surface area is 105 Å². The second kappa shape index (κ2) is 3.66. The van der Waals surface area contributed by atoms with E-state index in [9.17, 15) is 4.79 Å². The molecule has 0 N–H and O–H groups in total. The Balaban J connectivity index is 1.77. The second-order valence-corrected chi connectivity index (χ2v) is 5.79. The molecule has 3 aliphatic heterocycles. The molecule has 102 valence electrons. The van der Waals surface area contributed by atoms with Crippen LogP contribution in [-0.4, -0.2) is 48.6 Å². The maximum absolute atomic E-state index is 11.7. The van der Waals surface area contributed by atoms with Gasteiger partial charge in [-0.1, -0.05) is 0 Å². The van der Waals surface area contributed by atoms with Crippen LogP contribution >= 0.6 is 0 Å². The molecule has 3 heterocycles. The van der Waals surface area contributed by atoms with Gasteiger partial charge in [-0.2, -0.15) is 0 Å². The number of hydrogen-bond donors (Lipinski definition) is 0. The first-order valence-corrected chi connectivity index (χ1v) is 6.15. The molecule has 0 bridgehead atoms. The van der Waals surface area contributed by atoms with Crippen molar-refractivity contribution in [2.45, 2.75) is 63.7 Å². The van der Waals surface area contributed by atoms with Gasteiger partial charge in [-0.3, -0.25) is 0 Å². The van der Waals surface area contributed by atoms with Gasteiger partial charge in [0.1, 0.15) is 12.2 Å². The number of fused-ring (bicyclic) bond motifs is 1. The fraction of sp³-hybridized carbons (Fsp3) is 0.917. The lowest BCUT2D eigenvalue weighted by molar-refractivity contribution is -0.200. The molecule has 3 saturated heterocycles. The number of cyclic esters (lactones) is 1. The molecule has 6 heteroatoms. The van der Waals surface area contributed by atoms with Gasteiger partial charge in [-0.05, 0) is 27.7 Å². The summed E-state index contributed by atoms with van der Waals surface area (Å²) in [6, 6.07) is 0. The minimum Gasteiger partial charge on any atom is -0.455 e. The molecule has 0 spiro atoms. The van der Waals surface area contributed by atoms with E-state index in [0.29, 0.717) is 6.61 Å². The van der Waals surface area contributed by atoms with Crippen LogP contribution in [-0.2, 0) is 28.5 Å². The van der Waals surface area contributed by atoms with E-state index in [2.05, 4.69) is 0 Å². The fourth-order valence-corrected chi connectivity index (χ4v) is 2.64. The van der Waals surface area contributed by atoms with E-state index < -0.39 is 29.9 Å². The molecular formula is C12H18O6. The zero-order valence-corrected chi connectivity index (χ0v) is 11.0. The van der Waals surface area contributed by atoms with E-state index in [-0.39, 0.29) is 12.1 Å². The Kier molecular flexibility index (Phi) is 2.51. The van der Waals surface area contributed by atoms with E-state index in [1.807, 2.05) is 13.8 Å². The van der Waals surface area contributed by atoms with Gasteiger partial charge in [0, 0.05) is 0 Å². The SMILES string of the molecule is CC1(C)OC[C@@H]([C@@H]2OC(=O)[C@H]3OC(C)(C)O[C@@H]23)O1. The third kappa shape index (κ3) is 1.93. The molecule has 0 radical (unpaired) electrons. The van der Waals surface area contributed by atoms with Crippen molar-refractivity contribution in [2.24, 2.45) is 0 Å². The lowest BCUT2D eigenvalue weighted by Gasteiger charge is -2.25. The van der Waals surface area contributed by atoms with Crippen molar-refractivity contribution in [3.05, 3.63) is 0 Å². The van der Waals surface area contributed by atoms with Gasteiger partial charge in [0.25, 0.3) is 0 Å². The first-order valence-electron chi connectivity index (χ1n) is 6.15. The summed E-state index contributed by atoms with van der Waals surface area (Å²) in [5.74, 6) is -1.80. The van der Waals surface area contributed by atoms with Crippen LogP contribution in [0.2, 0.25) is 0 Å². The average molecular weight is 258 g/mol. The lowest BCUT2D eigenvalue weighted by Crippen LogP contribution is -2.40. The summed E-state index contributed by atoms with van der Waals surface area (Å²) in [5, 5.41) is 0. The van der Waals surface area contributed by atoms with Crippen LogP contribution < -0.4 is 0 Å². The van der Waals surface area contributed by atoms with Crippen LogP contribution in [0.15, 0.2) is 0 Å². The monoisotopic (exact) mass is 258 g/mol. The average Bonchev–Trinajstić information content (AvgIpc) is 2.81. The Morgan fingerprint density at radius 2 is 1.72 bits per heavy atom. The van der Waals surface area contributed by atoms with Crippen molar-refractivity contribution in [1.29, 1.82) is 0 Å². The summed E-state index contributed by atoms with van der Waals surface area (Å²) in [6.07, 6.45) is -1.85. The van der Waals surface area contributed by atoms with Gasteiger partial charge >= 0.3 is 5.97 Å². The summed E-state index contributed by atoms with van der Waals surface area (Å²) in [6.45, 7) is 7.61. The first-order chi connectivity index (χ1) is 8.27. The highest BCUT2D eigenvalue weighted by Gasteiger charge is 2.59. The number of esters is 1. The summed E-state index contributed by atoms with van der Waals surface area (Å²) in [7, 11) is 0. The van der Waals surface area contributed by atoms with Crippen LogP contribution in [0.3, 0.4) is 0 Å². The van der Waals surface area contributed by atoms with Gasteiger partial charge in [-0.15, -0.1) is 0 Å². The summed E-state index contributed by atoms with van der Waals surface area (Å²) in [4.78, 5) is 11.7. The van der Waals surface area contributed by atoms with Crippen LogP contribution in [0.4, 0.5) is 0 Å². The maximum Gasteiger partial charge on any atom is 0.338 e. The molecule has 0 aromatic rings. The normalized spacial score (nSPS) is 45.0. The van der Waals surface area contributed by atoms with E-state index in [1.54, 1.807) is 13.8 Å². The molecule has 0 aromatic heterocycles. The van der Waals surface area contributed by atoms with Crippen molar-refractivity contribution < 1.29 is 28.5 Å². The molecule has 0 aromatic carbocycles. The molecule has 3 fully saturated rings. The van der Waals surface area contributed by atoms with Gasteiger partial charge in [0.05, 0.1) is 6.61 Å². The standard InChI is InChI=1S/C12H18O6/c1-11(2)14-5-6(16-11)7-8-9(10(13)15-7)18-12(3,4)17-8/h6-9H,5H2,1-4H3/t6-,7-,8-,9-/m0/s1. The summed E-state index contributed by atoms with van der Waals surface area (Å²) < 4.78 is 27.8. The predicted molar refractivity (Wildman–Crippen MR) is 58.6 cm³/mol. The van der Waals surface area contributed by atoms with Gasteiger partial charge in [0.2, 0.25) is 0 Å². The zero-order valence-electron chi connectivity index (χ0n) is 11.0. The van der Waals surface area contributed by atoms with E-state index in [4.69, 9.17) is 23.7 Å². The zero-order chi connectivity index (χ0) is 13.1. The predicted octanol–water partition coefficient (Wildman–Crippen LogP) is 0.583. The molecule has 4 atom stereocenters. The number of carbonyl (C=O) groups is 1. The Morgan fingerprint density at radius 1 is 1.00 bits per heavy atom. The molecule has 3 aliphatic rings.